The number of amides is 1. The molecular weight excluding hydrogens is 260 g/mol. The second-order valence-corrected chi connectivity index (χ2v) is 5.55. The maximum Gasteiger partial charge on any atom is 0.221 e. The number of carbonyl (C=O) groups is 1. The molecule has 3 N–H and O–H groups in total. The van der Waals surface area contributed by atoms with Gasteiger partial charge in [0.25, 0.3) is 0 Å². The SMILES string of the molecule is Cc1ccccc1C1(CNC(=O)CC(C)N)CC1.Cl. The average molecular weight is 283 g/mol. The molecule has 0 heterocycles. The van der Waals surface area contributed by atoms with Crippen LogP contribution in [0.1, 0.15) is 37.3 Å². The van der Waals surface area contributed by atoms with Gasteiger partial charge in [-0.15, -0.1) is 12.4 Å². The highest BCUT2D eigenvalue weighted by atomic mass is 35.5. The van der Waals surface area contributed by atoms with Crippen LogP contribution in [0.3, 0.4) is 0 Å². The molecule has 3 nitrogen and oxygen atoms in total. The Morgan fingerprint density at radius 1 is 1.42 bits per heavy atom. The third-order valence-corrected chi connectivity index (χ3v) is 3.70. The van der Waals surface area contributed by atoms with Crippen molar-refractivity contribution in [2.24, 2.45) is 5.73 Å². The predicted octanol–water partition coefficient (Wildman–Crippen LogP) is 2.30. The third kappa shape index (κ3) is 3.95. The second kappa shape index (κ2) is 6.40. The zero-order chi connectivity index (χ0) is 13.2. The van der Waals surface area contributed by atoms with Gasteiger partial charge in [0.05, 0.1) is 0 Å². The summed E-state index contributed by atoms with van der Waals surface area (Å²) in [5.74, 6) is 0.0601. The number of halogens is 1. The minimum Gasteiger partial charge on any atom is -0.355 e. The summed E-state index contributed by atoms with van der Waals surface area (Å²) in [6.07, 6.45) is 2.73. The predicted molar refractivity (Wildman–Crippen MR) is 80.6 cm³/mol. The van der Waals surface area contributed by atoms with Crippen LogP contribution in [0.2, 0.25) is 0 Å². The average Bonchev–Trinajstić information content (AvgIpc) is 3.07. The number of nitrogens with two attached hydrogens (primary N) is 1. The van der Waals surface area contributed by atoms with Gasteiger partial charge >= 0.3 is 0 Å². The van der Waals surface area contributed by atoms with Crippen molar-refractivity contribution in [3.63, 3.8) is 0 Å². The van der Waals surface area contributed by atoms with E-state index in [0.29, 0.717) is 6.42 Å². The van der Waals surface area contributed by atoms with Crippen molar-refractivity contribution < 1.29 is 4.79 Å². The number of aryl methyl sites for hydroxylation is 1. The fourth-order valence-electron chi connectivity index (χ4n) is 2.49. The largest absolute Gasteiger partial charge is 0.355 e. The molecule has 1 aromatic rings. The highest BCUT2D eigenvalue weighted by Gasteiger charge is 2.44. The van der Waals surface area contributed by atoms with Crippen LogP contribution in [-0.4, -0.2) is 18.5 Å². The van der Waals surface area contributed by atoms with Crippen molar-refractivity contribution in [3.05, 3.63) is 35.4 Å². The topological polar surface area (TPSA) is 55.1 Å². The summed E-state index contributed by atoms with van der Waals surface area (Å²) < 4.78 is 0. The molecule has 1 aromatic carbocycles. The van der Waals surface area contributed by atoms with Crippen LogP contribution in [0.25, 0.3) is 0 Å². The zero-order valence-electron chi connectivity index (χ0n) is 11.6. The Morgan fingerprint density at radius 3 is 2.58 bits per heavy atom. The molecule has 2 rings (SSSR count). The molecule has 106 valence electrons. The van der Waals surface area contributed by atoms with Gasteiger partial charge in [0.2, 0.25) is 5.91 Å². The quantitative estimate of drug-likeness (QED) is 0.871. The molecule has 1 amide bonds. The van der Waals surface area contributed by atoms with Gasteiger partial charge in [0.1, 0.15) is 0 Å². The van der Waals surface area contributed by atoms with Gasteiger partial charge in [-0.3, -0.25) is 4.79 Å². The molecule has 1 atom stereocenters. The molecule has 19 heavy (non-hydrogen) atoms. The molecule has 1 saturated carbocycles. The summed E-state index contributed by atoms with van der Waals surface area (Å²) in [5.41, 5.74) is 8.50. The molecule has 1 aliphatic carbocycles. The number of hydrogen-bond acceptors (Lipinski definition) is 2. The maximum atomic E-state index is 11.7. The van der Waals surface area contributed by atoms with E-state index in [2.05, 4.69) is 36.5 Å². The first kappa shape index (κ1) is 16.0. The van der Waals surface area contributed by atoms with Gasteiger partial charge in [-0.1, -0.05) is 24.3 Å². The first-order valence-corrected chi connectivity index (χ1v) is 6.62. The van der Waals surface area contributed by atoms with E-state index >= 15 is 0 Å². The lowest BCUT2D eigenvalue weighted by Gasteiger charge is -2.19. The van der Waals surface area contributed by atoms with Crippen molar-refractivity contribution in [1.29, 1.82) is 0 Å². The molecule has 0 saturated heterocycles. The smallest absolute Gasteiger partial charge is 0.221 e. The second-order valence-electron chi connectivity index (χ2n) is 5.55. The van der Waals surface area contributed by atoms with Crippen LogP contribution in [0.15, 0.2) is 24.3 Å². The lowest BCUT2D eigenvalue weighted by Crippen LogP contribution is -2.35. The third-order valence-electron chi connectivity index (χ3n) is 3.70. The normalized spacial score (nSPS) is 17.2. The van der Waals surface area contributed by atoms with E-state index < -0.39 is 0 Å². The molecule has 0 bridgehead atoms. The van der Waals surface area contributed by atoms with Crippen molar-refractivity contribution in [1.82, 2.24) is 5.32 Å². The van der Waals surface area contributed by atoms with Crippen LogP contribution in [0, 0.1) is 6.92 Å². The summed E-state index contributed by atoms with van der Waals surface area (Å²) in [6.45, 7) is 4.73. The minimum absolute atomic E-state index is 0. The van der Waals surface area contributed by atoms with E-state index in [9.17, 15) is 4.79 Å². The lowest BCUT2D eigenvalue weighted by molar-refractivity contribution is -0.121. The highest BCUT2D eigenvalue weighted by molar-refractivity contribution is 5.85. The van der Waals surface area contributed by atoms with Gasteiger partial charge in [-0.05, 0) is 37.8 Å². The Hall–Kier alpha value is -1.06. The lowest BCUT2D eigenvalue weighted by atomic mass is 9.92. The molecular formula is C15H23ClN2O. The summed E-state index contributed by atoms with van der Waals surface area (Å²) in [7, 11) is 0. The molecule has 0 aliphatic heterocycles. The molecule has 1 fully saturated rings. The Kier molecular flexibility index (Phi) is 5.39. The Balaban J connectivity index is 0.00000180. The number of carbonyl (C=O) groups excluding carboxylic acids is 1. The fourth-order valence-corrected chi connectivity index (χ4v) is 2.49. The van der Waals surface area contributed by atoms with Crippen LogP contribution >= 0.6 is 12.4 Å². The molecule has 4 heteroatoms. The zero-order valence-corrected chi connectivity index (χ0v) is 12.4. The Morgan fingerprint density at radius 2 is 2.05 bits per heavy atom. The standard InChI is InChI=1S/C15H22N2O.ClH/c1-11-5-3-4-6-13(11)15(7-8-15)10-17-14(18)9-12(2)16;/h3-6,12H,7-10,16H2,1-2H3,(H,17,18);1H. The van der Waals surface area contributed by atoms with Crippen molar-refractivity contribution in [2.45, 2.75) is 44.6 Å². The van der Waals surface area contributed by atoms with Crippen LogP contribution in [0.5, 0.6) is 0 Å². The van der Waals surface area contributed by atoms with E-state index in [1.165, 1.54) is 11.1 Å². The van der Waals surface area contributed by atoms with Crippen molar-refractivity contribution in [3.8, 4) is 0 Å². The van der Waals surface area contributed by atoms with Gasteiger partial charge in [-0.2, -0.15) is 0 Å². The maximum absolute atomic E-state index is 11.7. The number of rotatable bonds is 5. The minimum atomic E-state index is -0.0707. The Bertz CT molecular complexity index is 442. The summed E-state index contributed by atoms with van der Waals surface area (Å²) in [6, 6.07) is 8.38. The number of nitrogens with one attached hydrogen (secondary N) is 1. The van der Waals surface area contributed by atoms with Gasteiger partial charge in [0, 0.05) is 24.4 Å². The van der Waals surface area contributed by atoms with E-state index in [4.69, 9.17) is 5.73 Å². The summed E-state index contributed by atoms with van der Waals surface area (Å²) in [4.78, 5) is 11.7. The number of hydrogen-bond donors (Lipinski definition) is 2. The van der Waals surface area contributed by atoms with Crippen molar-refractivity contribution >= 4 is 18.3 Å². The fraction of sp³-hybridized carbons (Fsp3) is 0.533. The van der Waals surface area contributed by atoms with E-state index in [1.807, 2.05) is 6.92 Å². The monoisotopic (exact) mass is 282 g/mol. The van der Waals surface area contributed by atoms with Crippen LogP contribution in [-0.2, 0) is 10.2 Å². The van der Waals surface area contributed by atoms with E-state index in [-0.39, 0.29) is 29.8 Å². The molecule has 1 unspecified atom stereocenters. The van der Waals surface area contributed by atoms with E-state index in [1.54, 1.807) is 0 Å². The Labute approximate surface area is 121 Å². The summed E-state index contributed by atoms with van der Waals surface area (Å²) in [5, 5.41) is 3.02. The molecule has 0 radical (unpaired) electrons. The van der Waals surface area contributed by atoms with Crippen molar-refractivity contribution in [2.75, 3.05) is 6.54 Å². The number of benzene rings is 1. The van der Waals surface area contributed by atoms with Crippen LogP contribution < -0.4 is 11.1 Å². The highest BCUT2D eigenvalue weighted by Crippen LogP contribution is 2.48. The first-order chi connectivity index (χ1) is 8.53. The first-order valence-electron chi connectivity index (χ1n) is 6.62. The van der Waals surface area contributed by atoms with Gasteiger partial charge in [0.15, 0.2) is 0 Å². The molecule has 1 aliphatic rings. The van der Waals surface area contributed by atoms with Gasteiger partial charge in [-0.25, -0.2) is 0 Å². The molecule has 0 spiro atoms. The summed E-state index contributed by atoms with van der Waals surface area (Å²) >= 11 is 0. The molecule has 0 aromatic heterocycles. The van der Waals surface area contributed by atoms with Crippen LogP contribution in [0.4, 0.5) is 0 Å². The van der Waals surface area contributed by atoms with E-state index in [0.717, 1.165) is 19.4 Å². The van der Waals surface area contributed by atoms with Gasteiger partial charge < -0.3 is 11.1 Å².